The Bertz CT molecular complexity index is 931. The third-order valence-corrected chi connectivity index (χ3v) is 5.42. The van der Waals surface area contributed by atoms with Gasteiger partial charge in [0.25, 0.3) is 5.91 Å². The summed E-state index contributed by atoms with van der Waals surface area (Å²) in [6, 6.07) is 5.32. The van der Waals surface area contributed by atoms with Crippen molar-refractivity contribution >= 4 is 27.3 Å². The number of aromatic nitrogens is 1. The number of nitrogens with zero attached hydrogens (tertiary/aromatic N) is 2. The minimum Gasteiger partial charge on any atom is -0.360 e. The lowest BCUT2D eigenvalue weighted by Crippen LogP contribution is -2.27. The number of fused-ring (bicyclic) bond motifs is 1. The Morgan fingerprint density at radius 2 is 2.08 bits per heavy atom. The summed E-state index contributed by atoms with van der Waals surface area (Å²) in [6.45, 7) is 6.00. The zero-order valence-corrected chi connectivity index (χ0v) is 15.5. The van der Waals surface area contributed by atoms with E-state index in [1.165, 1.54) is 10.6 Å². The summed E-state index contributed by atoms with van der Waals surface area (Å²) in [5, 5.41) is 6.70. The van der Waals surface area contributed by atoms with E-state index in [4.69, 9.17) is 4.52 Å². The standard InChI is InChI=1S/C17H21N3O4S/c1-10(2)16-15(11(3)19-24-16)17(21)18-13-6-5-12-7-8-20(14(12)9-13)25(4,22)23/h5-6,9-10H,7-8H2,1-4H3,(H,18,21). The minimum absolute atomic E-state index is 0.0303. The van der Waals surface area contributed by atoms with Gasteiger partial charge in [0.1, 0.15) is 5.56 Å². The zero-order valence-electron chi connectivity index (χ0n) is 14.7. The molecule has 1 N–H and O–H groups in total. The van der Waals surface area contributed by atoms with Crippen molar-refractivity contribution in [3.05, 3.63) is 40.8 Å². The first-order valence-electron chi connectivity index (χ1n) is 8.06. The van der Waals surface area contributed by atoms with E-state index in [9.17, 15) is 13.2 Å². The molecule has 25 heavy (non-hydrogen) atoms. The second-order valence-corrected chi connectivity index (χ2v) is 8.45. The quantitative estimate of drug-likeness (QED) is 0.901. The summed E-state index contributed by atoms with van der Waals surface area (Å²) < 4.78 is 30.4. The first-order valence-corrected chi connectivity index (χ1v) is 9.91. The Balaban J connectivity index is 1.90. The largest absolute Gasteiger partial charge is 0.360 e. The molecule has 0 aliphatic carbocycles. The molecule has 0 radical (unpaired) electrons. The second-order valence-electron chi connectivity index (χ2n) is 6.54. The highest BCUT2D eigenvalue weighted by Gasteiger charge is 2.27. The number of rotatable bonds is 4. The zero-order chi connectivity index (χ0) is 18.4. The average molecular weight is 363 g/mol. The van der Waals surface area contributed by atoms with Gasteiger partial charge in [-0.2, -0.15) is 0 Å². The molecule has 0 saturated carbocycles. The highest BCUT2D eigenvalue weighted by atomic mass is 32.2. The van der Waals surface area contributed by atoms with Crippen molar-refractivity contribution in [1.82, 2.24) is 5.16 Å². The van der Waals surface area contributed by atoms with Crippen molar-refractivity contribution in [2.75, 3.05) is 22.4 Å². The summed E-state index contributed by atoms with van der Waals surface area (Å²) in [7, 11) is -3.33. The highest BCUT2D eigenvalue weighted by molar-refractivity contribution is 7.92. The lowest BCUT2D eigenvalue weighted by atomic mass is 10.0. The summed E-state index contributed by atoms with van der Waals surface area (Å²) in [6.07, 6.45) is 1.85. The number of anilines is 2. The van der Waals surface area contributed by atoms with E-state index >= 15 is 0 Å². The molecule has 0 saturated heterocycles. The van der Waals surface area contributed by atoms with Crippen LogP contribution in [0, 0.1) is 6.92 Å². The van der Waals surface area contributed by atoms with Gasteiger partial charge in [0, 0.05) is 18.2 Å². The Morgan fingerprint density at radius 3 is 2.72 bits per heavy atom. The van der Waals surface area contributed by atoms with E-state index in [-0.39, 0.29) is 11.8 Å². The molecule has 2 heterocycles. The van der Waals surface area contributed by atoms with Crippen LogP contribution in [0.3, 0.4) is 0 Å². The molecule has 0 fully saturated rings. The van der Waals surface area contributed by atoms with E-state index in [0.29, 0.717) is 41.4 Å². The van der Waals surface area contributed by atoms with Gasteiger partial charge in [0.2, 0.25) is 10.0 Å². The molecular formula is C17H21N3O4S. The molecule has 1 aromatic carbocycles. The number of nitrogens with one attached hydrogen (secondary N) is 1. The highest BCUT2D eigenvalue weighted by Crippen LogP contribution is 2.33. The molecule has 1 aliphatic heterocycles. The fourth-order valence-electron chi connectivity index (χ4n) is 3.02. The Kier molecular flexibility index (Phi) is 4.32. The maximum Gasteiger partial charge on any atom is 0.261 e. The lowest BCUT2D eigenvalue weighted by molar-refractivity contribution is 0.102. The Labute approximate surface area is 147 Å². The Hall–Kier alpha value is -2.35. The molecule has 3 rings (SSSR count). The Morgan fingerprint density at radius 1 is 1.36 bits per heavy atom. The summed E-state index contributed by atoms with van der Waals surface area (Å²) in [5.41, 5.74) is 3.06. The number of benzene rings is 1. The van der Waals surface area contributed by atoms with Crippen LogP contribution in [-0.4, -0.2) is 32.3 Å². The van der Waals surface area contributed by atoms with E-state index in [1.54, 1.807) is 19.1 Å². The number of amides is 1. The van der Waals surface area contributed by atoms with Gasteiger partial charge < -0.3 is 9.84 Å². The maximum atomic E-state index is 12.7. The number of aryl methyl sites for hydroxylation is 1. The van der Waals surface area contributed by atoms with Crippen molar-refractivity contribution in [2.24, 2.45) is 0 Å². The van der Waals surface area contributed by atoms with Gasteiger partial charge in [0.05, 0.1) is 17.6 Å². The third kappa shape index (κ3) is 3.26. The normalized spacial score (nSPS) is 14.0. The van der Waals surface area contributed by atoms with E-state index < -0.39 is 10.0 Å². The number of hydrogen-bond donors (Lipinski definition) is 1. The molecule has 0 unspecified atom stereocenters. The van der Waals surface area contributed by atoms with Crippen LogP contribution in [-0.2, 0) is 16.4 Å². The van der Waals surface area contributed by atoms with Crippen molar-refractivity contribution in [3.8, 4) is 0 Å². The molecule has 0 spiro atoms. The van der Waals surface area contributed by atoms with Crippen LogP contribution in [0.1, 0.15) is 47.1 Å². The van der Waals surface area contributed by atoms with Crippen LogP contribution in [0.2, 0.25) is 0 Å². The van der Waals surface area contributed by atoms with Crippen molar-refractivity contribution in [1.29, 1.82) is 0 Å². The molecule has 2 aromatic rings. The molecule has 7 nitrogen and oxygen atoms in total. The lowest BCUT2D eigenvalue weighted by Gasteiger charge is -2.17. The molecule has 134 valence electrons. The maximum absolute atomic E-state index is 12.7. The van der Waals surface area contributed by atoms with Crippen LogP contribution in [0.25, 0.3) is 0 Å². The first-order chi connectivity index (χ1) is 11.7. The summed E-state index contributed by atoms with van der Waals surface area (Å²) in [4.78, 5) is 12.7. The van der Waals surface area contributed by atoms with Gasteiger partial charge in [-0.3, -0.25) is 9.10 Å². The van der Waals surface area contributed by atoms with Gasteiger partial charge in [-0.1, -0.05) is 25.1 Å². The number of sulfonamides is 1. The monoisotopic (exact) mass is 363 g/mol. The molecular weight excluding hydrogens is 342 g/mol. The predicted molar refractivity (Wildman–Crippen MR) is 95.6 cm³/mol. The van der Waals surface area contributed by atoms with Crippen molar-refractivity contribution in [3.63, 3.8) is 0 Å². The van der Waals surface area contributed by atoms with E-state index in [2.05, 4.69) is 10.5 Å². The van der Waals surface area contributed by atoms with Gasteiger partial charge >= 0.3 is 0 Å². The second kappa shape index (κ2) is 6.18. The van der Waals surface area contributed by atoms with Gasteiger partial charge in [0.15, 0.2) is 5.76 Å². The molecule has 1 aliphatic rings. The molecule has 1 aromatic heterocycles. The number of carbonyl (C=O) groups excluding carboxylic acids is 1. The first kappa shape index (κ1) is 17.5. The van der Waals surface area contributed by atoms with E-state index in [1.807, 2.05) is 19.9 Å². The van der Waals surface area contributed by atoms with E-state index in [0.717, 1.165) is 5.56 Å². The molecule has 8 heteroatoms. The van der Waals surface area contributed by atoms with Crippen LogP contribution in [0.5, 0.6) is 0 Å². The fourth-order valence-corrected chi connectivity index (χ4v) is 3.97. The van der Waals surface area contributed by atoms with Crippen LogP contribution >= 0.6 is 0 Å². The van der Waals surface area contributed by atoms with Crippen LogP contribution in [0.15, 0.2) is 22.7 Å². The molecule has 1 amide bonds. The average Bonchev–Trinajstić information content (AvgIpc) is 3.09. The van der Waals surface area contributed by atoms with Crippen LogP contribution in [0.4, 0.5) is 11.4 Å². The fraction of sp³-hybridized carbons (Fsp3) is 0.412. The summed E-state index contributed by atoms with van der Waals surface area (Å²) >= 11 is 0. The number of hydrogen-bond acceptors (Lipinski definition) is 5. The number of carbonyl (C=O) groups is 1. The minimum atomic E-state index is -3.33. The summed E-state index contributed by atoms with van der Waals surface area (Å²) in [5.74, 6) is 0.253. The van der Waals surface area contributed by atoms with Gasteiger partial charge in [-0.15, -0.1) is 0 Å². The topological polar surface area (TPSA) is 92.5 Å². The van der Waals surface area contributed by atoms with Gasteiger partial charge in [-0.25, -0.2) is 8.42 Å². The predicted octanol–water partition coefficient (Wildman–Crippen LogP) is 2.68. The molecule has 0 atom stereocenters. The molecule has 0 bridgehead atoms. The van der Waals surface area contributed by atoms with Crippen molar-refractivity contribution < 1.29 is 17.7 Å². The third-order valence-electron chi connectivity index (χ3n) is 4.24. The van der Waals surface area contributed by atoms with Gasteiger partial charge in [-0.05, 0) is 31.0 Å². The van der Waals surface area contributed by atoms with Crippen LogP contribution < -0.4 is 9.62 Å². The SMILES string of the molecule is Cc1noc(C(C)C)c1C(=O)Nc1ccc2c(c1)N(S(C)(=O)=O)CC2. The smallest absolute Gasteiger partial charge is 0.261 e. The van der Waals surface area contributed by atoms with Crippen molar-refractivity contribution in [2.45, 2.75) is 33.1 Å².